The molecule has 1 aliphatic heterocycles. The van der Waals surface area contributed by atoms with E-state index in [1.807, 2.05) is 18.2 Å². The highest BCUT2D eigenvalue weighted by molar-refractivity contribution is 5.78. The molecule has 0 unspecified atom stereocenters. The van der Waals surface area contributed by atoms with Gasteiger partial charge in [0.05, 0.1) is 18.5 Å². The number of hydrogen-bond donors (Lipinski definition) is 1. The molecule has 0 radical (unpaired) electrons. The monoisotopic (exact) mass is 284 g/mol. The zero-order chi connectivity index (χ0) is 14.8. The molecule has 0 amide bonds. The van der Waals surface area contributed by atoms with Gasteiger partial charge >= 0.3 is 0 Å². The summed E-state index contributed by atoms with van der Waals surface area (Å²) in [6.45, 7) is 6.27. The Bertz CT molecular complexity index is 651. The lowest BCUT2D eigenvalue weighted by molar-refractivity contribution is 0.409. The molecular weight excluding hydrogens is 264 g/mol. The first-order chi connectivity index (χ1) is 10.2. The van der Waals surface area contributed by atoms with E-state index in [0.29, 0.717) is 0 Å². The van der Waals surface area contributed by atoms with Gasteiger partial charge < -0.3 is 19.7 Å². The summed E-state index contributed by atoms with van der Waals surface area (Å²) in [4.78, 5) is 2.30. The highest BCUT2D eigenvalue weighted by Gasteiger charge is 2.18. The van der Waals surface area contributed by atoms with Crippen molar-refractivity contribution in [2.24, 2.45) is 0 Å². The summed E-state index contributed by atoms with van der Waals surface area (Å²) in [5, 5.41) is 3.39. The van der Waals surface area contributed by atoms with Crippen LogP contribution in [-0.4, -0.2) is 20.2 Å². The average Bonchev–Trinajstić information content (AvgIpc) is 2.53. The Kier molecular flexibility index (Phi) is 3.60. The summed E-state index contributed by atoms with van der Waals surface area (Å²) in [5.41, 5.74) is 3.12. The van der Waals surface area contributed by atoms with Crippen LogP contribution in [-0.2, 0) is 0 Å². The second kappa shape index (κ2) is 5.56. The van der Waals surface area contributed by atoms with Gasteiger partial charge in [-0.2, -0.15) is 0 Å². The van der Waals surface area contributed by atoms with Gasteiger partial charge in [-0.3, -0.25) is 0 Å². The number of methoxy groups -OCH3 is 1. The molecule has 0 saturated heterocycles. The summed E-state index contributed by atoms with van der Waals surface area (Å²) in [5.74, 6) is 2.43. The number of hydrogen-bond acceptors (Lipinski definition) is 4. The molecule has 1 heterocycles. The van der Waals surface area contributed by atoms with E-state index in [2.05, 4.69) is 42.3 Å². The van der Waals surface area contributed by atoms with Crippen LogP contribution in [0.5, 0.6) is 17.2 Å². The fraction of sp³-hybridized carbons (Fsp3) is 0.294. The topological polar surface area (TPSA) is 33.7 Å². The molecule has 21 heavy (non-hydrogen) atoms. The number of nitrogens with one attached hydrogen (secondary N) is 1. The van der Waals surface area contributed by atoms with Crippen LogP contribution in [0.1, 0.15) is 13.8 Å². The van der Waals surface area contributed by atoms with Gasteiger partial charge in [0, 0.05) is 30.9 Å². The largest absolute Gasteiger partial charge is 0.497 e. The molecule has 0 spiro atoms. The van der Waals surface area contributed by atoms with Gasteiger partial charge in [0.25, 0.3) is 0 Å². The summed E-state index contributed by atoms with van der Waals surface area (Å²) in [7, 11) is 1.66. The molecule has 3 rings (SSSR count). The number of nitrogens with zero attached hydrogens (tertiary/aromatic N) is 1. The van der Waals surface area contributed by atoms with Gasteiger partial charge in [0.2, 0.25) is 0 Å². The normalized spacial score (nSPS) is 11.8. The fourth-order valence-electron chi connectivity index (χ4n) is 2.57. The van der Waals surface area contributed by atoms with Gasteiger partial charge in [0.1, 0.15) is 5.75 Å². The van der Waals surface area contributed by atoms with E-state index in [0.717, 1.165) is 41.7 Å². The van der Waals surface area contributed by atoms with E-state index in [4.69, 9.17) is 9.47 Å². The van der Waals surface area contributed by atoms with E-state index < -0.39 is 0 Å². The van der Waals surface area contributed by atoms with E-state index in [1.165, 1.54) is 5.69 Å². The van der Waals surface area contributed by atoms with E-state index in [9.17, 15) is 0 Å². The fourth-order valence-corrected chi connectivity index (χ4v) is 2.57. The van der Waals surface area contributed by atoms with Crippen molar-refractivity contribution in [2.75, 3.05) is 30.4 Å². The number of ether oxygens (including phenoxy) is 2. The lowest BCUT2D eigenvalue weighted by atomic mass is 10.2. The zero-order valence-electron chi connectivity index (χ0n) is 12.6. The van der Waals surface area contributed by atoms with E-state index in [-0.39, 0.29) is 0 Å². The van der Waals surface area contributed by atoms with Crippen LogP contribution >= 0.6 is 0 Å². The van der Waals surface area contributed by atoms with Crippen molar-refractivity contribution in [3.63, 3.8) is 0 Å². The predicted molar refractivity (Wildman–Crippen MR) is 86.4 cm³/mol. The first-order valence-electron chi connectivity index (χ1n) is 7.27. The highest BCUT2D eigenvalue weighted by atomic mass is 16.5. The molecule has 110 valence electrons. The molecule has 2 aromatic rings. The van der Waals surface area contributed by atoms with Crippen LogP contribution in [0, 0.1) is 0 Å². The van der Waals surface area contributed by atoms with E-state index >= 15 is 0 Å². The minimum Gasteiger partial charge on any atom is -0.497 e. The molecule has 0 fully saturated rings. The van der Waals surface area contributed by atoms with Crippen molar-refractivity contribution < 1.29 is 9.47 Å². The highest BCUT2D eigenvalue weighted by Crippen LogP contribution is 2.44. The first kappa shape index (κ1) is 13.6. The van der Waals surface area contributed by atoms with Crippen LogP contribution in [0.4, 0.5) is 17.1 Å². The number of rotatable bonds is 4. The van der Waals surface area contributed by atoms with Crippen molar-refractivity contribution in [2.45, 2.75) is 13.8 Å². The minimum atomic E-state index is 0.790. The Morgan fingerprint density at radius 3 is 2.33 bits per heavy atom. The van der Waals surface area contributed by atoms with Crippen molar-refractivity contribution in [1.29, 1.82) is 0 Å². The lowest BCUT2D eigenvalue weighted by Gasteiger charge is -2.26. The molecule has 0 bridgehead atoms. The lowest BCUT2D eigenvalue weighted by Crippen LogP contribution is -2.21. The molecule has 0 aliphatic carbocycles. The van der Waals surface area contributed by atoms with Crippen LogP contribution < -0.4 is 19.7 Å². The van der Waals surface area contributed by atoms with Gasteiger partial charge in [-0.05, 0) is 38.1 Å². The molecule has 2 aromatic carbocycles. The molecule has 1 aliphatic rings. The Morgan fingerprint density at radius 2 is 1.67 bits per heavy atom. The molecule has 0 aromatic heterocycles. The number of benzene rings is 2. The second-order valence-electron chi connectivity index (χ2n) is 4.94. The average molecular weight is 284 g/mol. The molecular formula is C17H20N2O2. The third-order valence-corrected chi connectivity index (χ3v) is 3.77. The third-order valence-electron chi connectivity index (χ3n) is 3.77. The Morgan fingerprint density at radius 1 is 1.00 bits per heavy atom. The van der Waals surface area contributed by atoms with Crippen LogP contribution in [0.25, 0.3) is 0 Å². The standard InChI is InChI=1S/C17H20N2O2/c1-4-19(5-2)12-6-8-14-16(10-12)21-17-11-13(20-3)7-9-15(17)18-14/h6-11,18H,4-5H2,1-3H3. The third kappa shape index (κ3) is 2.49. The van der Waals surface area contributed by atoms with E-state index in [1.54, 1.807) is 7.11 Å². The number of anilines is 3. The van der Waals surface area contributed by atoms with Crippen molar-refractivity contribution in [1.82, 2.24) is 0 Å². The first-order valence-corrected chi connectivity index (χ1v) is 7.27. The Balaban J connectivity index is 1.94. The van der Waals surface area contributed by atoms with Gasteiger partial charge in [0.15, 0.2) is 11.5 Å². The van der Waals surface area contributed by atoms with Crippen molar-refractivity contribution >= 4 is 17.1 Å². The molecule has 4 heteroatoms. The van der Waals surface area contributed by atoms with Gasteiger partial charge in [-0.25, -0.2) is 0 Å². The van der Waals surface area contributed by atoms with Crippen LogP contribution in [0.2, 0.25) is 0 Å². The smallest absolute Gasteiger partial charge is 0.154 e. The maximum atomic E-state index is 6.03. The molecule has 1 N–H and O–H groups in total. The Hall–Kier alpha value is -2.36. The minimum absolute atomic E-state index is 0.790. The number of fused-ring (bicyclic) bond motifs is 2. The van der Waals surface area contributed by atoms with Gasteiger partial charge in [-0.1, -0.05) is 0 Å². The zero-order valence-corrected chi connectivity index (χ0v) is 12.6. The predicted octanol–water partition coefficient (Wildman–Crippen LogP) is 4.39. The summed E-state index contributed by atoms with van der Waals surface area (Å²) >= 11 is 0. The quantitative estimate of drug-likeness (QED) is 0.770. The van der Waals surface area contributed by atoms with Crippen LogP contribution in [0.15, 0.2) is 36.4 Å². The van der Waals surface area contributed by atoms with Crippen LogP contribution in [0.3, 0.4) is 0 Å². The maximum Gasteiger partial charge on any atom is 0.154 e. The molecule has 0 saturated carbocycles. The second-order valence-corrected chi connectivity index (χ2v) is 4.94. The van der Waals surface area contributed by atoms with Gasteiger partial charge in [-0.15, -0.1) is 0 Å². The Labute approximate surface area is 125 Å². The van der Waals surface area contributed by atoms with Crippen molar-refractivity contribution in [3.8, 4) is 17.2 Å². The molecule has 0 atom stereocenters. The summed E-state index contributed by atoms with van der Waals surface area (Å²) < 4.78 is 11.3. The summed E-state index contributed by atoms with van der Waals surface area (Å²) in [6, 6.07) is 12.1. The maximum absolute atomic E-state index is 6.03. The SMILES string of the molecule is CCN(CC)c1ccc2c(c1)Oc1cc(OC)ccc1N2. The summed E-state index contributed by atoms with van der Waals surface area (Å²) in [6.07, 6.45) is 0. The molecule has 4 nitrogen and oxygen atoms in total. The van der Waals surface area contributed by atoms with Crippen molar-refractivity contribution in [3.05, 3.63) is 36.4 Å².